The van der Waals surface area contributed by atoms with Crippen molar-refractivity contribution >= 4 is 23.1 Å². The SMILES string of the molecule is CC(C(=O)NCc1ccc(C(F)(F)F)nc1Nc1ccc(F)cc1)c1ccc(N)c(F)c1. The van der Waals surface area contributed by atoms with Crippen LogP contribution in [0, 0.1) is 11.6 Å². The number of anilines is 3. The van der Waals surface area contributed by atoms with E-state index in [2.05, 4.69) is 15.6 Å². The van der Waals surface area contributed by atoms with E-state index in [9.17, 15) is 26.7 Å². The molecule has 3 aromatic rings. The van der Waals surface area contributed by atoms with Crippen LogP contribution in [0.15, 0.2) is 54.6 Å². The number of nitrogens with zero attached hydrogens (tertiary/aromatic N) is 1. The summed E-state index contributed by atoms with van der Waals surface area (Å²) in [6, 6.07) is 11.0. The number of carbonyl (C=O) groups is 1. The van der Waals surface area contributed by atoms with Crippen molar-refractivity contribution in [2.45, 2.75) is 25.6 Å². The molecular formula is C22H19F5N4O. The van der Waals surface area contributed by atoms with E-state index in [0.29, 0.717) is 11.3 Å². The van der Waals surface area contributed by atoms with Crippen LogP contribution in [0.2, 0.25) is 0 Å². The van der Waals surface area contributed by atoms with E-state index in [1.807, 2.05) is 0 Å². The summed E-state index contributed by atoms with van der Waals surface area (Å²) in [7, 11) is 0. The van der Waals surface area contributed by atoms with E-state index in [1.54, 1.807) is 6.92 Å². The van der Waals surface area contributed by atoms with Crippen LogP contribution in [0.25, 0.3) is 0 Å². The lowest BCUT2D eigenvalue weighted by atomic mass is 9.99. The van der Waals surface area contributed by atoms with Crippen LogP contribution in [-0.2, 0) is 17.5 Å². The number of nitrogens with one attached hydrogen (secondary N) is 2. The number of amides is 1. The zero-order valence-corrected chi connectivity index (χ0v) is 16.8. The predicted molar refractivity (Wildman–Crippen MR) is 110 cm³/mol. The molecule has 0 aliphatic rings. The van der Waals surface area contributed by atoms with Crippen molar-refractivity contribution in [3.05, 3.63) is 83.1 Å². The maximum atomic E-state index is 13.7. The summed E-state index contributed by atoms with van der Waals surface area (Å²) < 4.78 is 66.1. The highest BCUT2D eigenvalue weighted by Gasteiger charge is 2.33. The average Bonchev–Trinajstić information content (AvgIpc) is 2.75. The molecule has 10 heteroatoms. The molecule has 0 bridgehead atoms. The van der Waals surface area contributed by atoms with Gasteiger partial charge in [0.1, 0.15) is 23.1 Å². The van der Waals surface area contributed by atoms with Gasteiger partial charge in [0, 0.05) is 17.8 Å². The van der Waals surface area contributed by atoms with Gasteiger partial charge in [0.2, 0.25) is 5.91 Å². The molecule has 0 saturated heterocycles. The van der Waals surface area contributed by atoms with Crippen LogP contribution >= 0.6 is 0 Å². The molecule has 0 spiro atoms. The van der Waals surface area contributed by atoms with E-state index in [1.165, 1.54) is 30.3 Å². The van der Waals surface area contributed by atoms with Crippen molar-refractivity contribution in [2.75, 3.05) is 11.1 Å². The zero-order chi connectivity index (χ0) is 23.5. The summed E-state index contributed by atoms with van der Waals surface area (Å²) in [5.74, 6) is -2.51. The number of hydrogen-bond acceptors (Lipinski definition) is 4. The van der Waals surface area contributed by atoms with Crippen LogP contribution in [-0.4, -0.2) is 10.9 Å². The number of alkyl halides is 3. The highest BCUT2D eigenvalue weighted by Crippen LogP contribution is 2.30. The van der Waals surface area contributed by atoms with Gasteiger partial charge in [0.15, 0.2) is 0 Å². The minimum absolute atomic E-state index is 0.0475. The fourth-order valence-corrected chi connectivity index (χ4v) is 2.87. The molecule has 1 aromatic heterocycles. The minimum Gasteiger partial charge on any atom is -0.396 e. The molecule has 3 rings (SSSR count). The number of rotatable bonds is 6. The summed E-state index contributed by atoms with van der Waals surface area (Å²) >= 11 is 0. The molecule has 4 N–H and O–H groups in total. The minimum atomic E-state index is -4.67. The Morgan fingerprint density at radius 2 is 1.75 bits per heavy atom. The summed E-state index contributed by atoms with van der Waals surface area (Å²) in [5.41, 5.74) is 5.25. The van der Waals surface area contributed by atoms with E-state index in [4.69, 9.17) is 5.73 Å². The summed E-state index contributed by atoms with van der Waals surface area (Å²) in [4.78, 5) is 16.1. The van der Waals surface area contributed by atoms with E-state index < -0.39 is 35.3 Å². The van der Waals surface area contributed by atoms with E-state index in [-0.39, 0.29) is 23.6 Å². The number of aromatic nitrogens is 1. The highest BCUT2D eigenvalue weighted by molar-refractivity contribution is 5.83. The maximum absolute atomic E-state index is 13.7. The number of halogens is 5. The van der Waals surface area contributed by atoms with E-state index in [0.717, 1.165) is 24.3 Å². The number of nitrogen functional groups attached to an aromatic ring is 1. The van der Waals surface area contributed by atoms with Crippen molar-refractivity contribution in [1.82, 2.24) is 10.3 Å². The van der Waals surface area contributed by atoms with Crippen molar-refractivity contribution in [3.8, 4) is 0 Å². The van der Waals surface area contributed by atoms with Crippen LogP contribution in [0.1, 0.15) is 29.7 Å². The van der Waals surface area contributed by atoms with E-state index >= 15 is 0 Å². The summed E-state index contributed by atoms with van der Waals surface area (Å²) in [5, 5.41) is 5.33. The van der Waals surface area contributed by atoms with Gasteiger partial charge >= 0.3 is 6.18 Å². The Bertz CT molecular complexity index is 1120. The van der Waals surface area contributed by atoms with Crippen LogP contribution < -0.4 is 16.4 Å². The lowest BCUT2D eigenvalue weighted by Crippen LogP contribution is -2.28. The largest absolute Gasteiger partial charge is 0.433 e. The third kappa shape index (κ3) is 5.51. The van der Waals surface area contributed by atoms with Gasteiger partial charge in [-0.3, -0.25) is 4.79 Å². The molecular weight excluding hydrogens is 431 g/mol. The second kappa shape index (κ2) is 9.21. The van der Waals surface area contributed by atoms with Crippen LogP contribution in [0.4, 0.5) is 39.1 Å². The number of nitrogens with two attached hydrogens (primary N) is 1. The quantitative estimate of drug-likeness (QED) is 0.360. The molecule has 0 aliphatic carbocycles. The van der Waals surface area contributed by atoms with Crippen molar-refractivity contribution in [3.63, 3.8) is 0 Å². The van der Waals surface area contributed by atoms with Gasteiger partial charge in [0.25, 0.3) is 0 Å². The molecule has 168 valence electrons. The monoisotopic (exact) mass is 450 g/mol. The Hall–Kier alpha value is -3.69. The van der Waals surface area contributed by atoms with Gasteiger partial charge in [0.05, 0.1) is 11.6 Å². The van der Waals surface area contributed by atoms with Gasteiger partial charge in [-0.05, 0) is 55.0 Å². The Balaban J connectivity index is 1.80. The van der Waals surface area contributed by atoms with Crippen molar-refractivity contribution < 1.29 is 26.7 Å². The molecule has 0 aliphatic heterocycles. The van der Waals surface area contributed by atoms with Gasteiger partial charge in [-0.2, -0.15) is 13.2 Å². The zero-order valence-electron chi connectivity index (χ0n) is 16.8. The van der Waals surface area contributed by atoms with Crippen molar-refractivity contribution in [1.29, 1.82) is 0 Å². The topological polar surface area (TPSA) is 80.0 Å². The first kappa shape index (κ1) is 23.0. The molecule has 0 saturated carbocycles. The fourth-order valence-electron chi connectivity index (χ4n) is 2.87. The molecule has 2 aromatic carbocycles. The van der Waals surface area contributed by atoms with Gasteiger partial charge in [-0.15, -0.1) is 0 Å². The lowest BCUT2D eigenvalue weighted by molar-refractivity contribution is -0.141. The second-order valence-electron chi connectivity index (χ2n) is 7.05. The van der Waals surface area contributed by atoms with Gasteiger partial charge < -0.3 is 16.4 Å². The first-order valence-corrected chi connectivity index (χ1v) is 9.47. The number of benzene rings is 2. The number of hydrogen-bond donors (Lipinski definition) is 3. The third-order valence-corrected chi connectivity index (χ3v) is 4.75. The number of pyridine rings is 1. The first-order chi connectivity index (χ1) is 15.0. The summed E-state index contributed by atoms with van der Waals surface area (Å²) in [6.07, 6.45) is -4.67. The third-order valence-electron chi connectivity index (χ3n) is 4.75. The van der Waals surface area contributed by atoms with Crippen molar-refractivity contribution in [2.24, 2.45) is 0 Å². The molecule has 32 heavy (non-hydrogen) atoms. The van der Waals surface area contributed by atoms with Crippen LogP contribution in [0.5, 0.6) is 0 Å². The average molecular weight is 450 g/mol. The number of carbonyl (C=O) groups excluding carboxylic acids is 1. The first-order valence-electron chi connectivity index (χ1n) is 9.47. The lowest BCUT2D eigenvalue weighted by Gasteiger charge is -2.17. The fraction of sp³-hybridized carbons (Fsp3) is 0.182. The smallest absolute Gasteiger partial charge is 0.396 e. The summed E-state index contributed by atoms with van der Waals surface area (Å²) in [6.45, 7) is 1.41. The Morgan fingerprint density at radius 3 is 2.38 bits per heavy atom. The molecule has 0 fully saturated rings. The Morgan fingerprint density at radius 1 is 1.06 bits per heavy atom. The molecule has 0 radical (unpaired) electrons. The molecule has 1 amide bonds. The maximum Gasteiger partial charge on any atom is 0.433 e. The molecule has 1 unspecified atom stereocenters. The van der Waals surface area contributed by atoms with Gasteiger partial charge in [-0.25, -0.2) is 13.8 Å². The standard InChI is InChI=1S/C22H19F5N4O/c1-12(13-2-8-18(28)17(24)10-13)21(32)29-11-14-3-9-19(22(25,26)27)31-20(14)30-16-6-4-15(23)5-7-16/h2-10,12H,11,28H2,1H3,(H,29,32)(H,30,31). The molecule has 1 atom stereocenters. The molecule has 1 heterocycles. The van der Waals surface area contributed by atoms with Crippen LogP contribution in [0.3, 0.4) is 0 Å². The normalized spacial score (nSPS) is 12.3. The van der Waals surface area contributed by atoms with Gasteiger partial charge in [-0.1, -0.05) is 12.1 Å². The second-order valence-corrected chi connectivity index (χ2v) is 7.05. The Kier molecular flexibility index (Phi) is 6.61. The predicted octanol–water partition coefficient (Wildman–Crippen LogP) is 5.12. The molecule has 5 nitrogen and oxygen atoms in total. The Labute approximate surface area is 180 Å². The highest BCUT2D eigenvalue weighted by atomic mass is 19.4.